The van der Waals surface area contributed by atoms with Crippen LogP contribution in [-0.2, 0) is 12.8 Å². The van der Waals surface area contributed by atoms with E-state index in [1.807, 2.05) is 13.8 Å². The summed E-state index contributed by atoms with van der Waals surface area (Å²) in [6, 6.07) is 2.73. The Morgan fingerprint density at radius 1 is 1.45 bits per heavy atom. The summed E-state index contributed by atoms with van der Waals surface area (Å²) in [5.41, 5.74) is 2.22. The maximum absolute atomic E-state index is 9.43. The third-order valence-corrected chi connectivity index (χ3v) is 4.30. The zero-order chi connectivity index (χ0) is 14.8. The molecular formula is C16H26N4. The van der Waals surface area contributed by atoms with Crippen LogP contribution >= 0.6 is 0 Å². The molecule has 2 unspecified atom stereocenters. The normalized spacial score (nSPS) is 18.9. The van der Waals surface area contributed by atoms with Crippen LogP contribution in [0.2, 0.25) is 0 Å². The summed E-state index contributed by atoms with van der Waals surface area (Å²) in [6.45, 7) is 9.15. The molecular weight excluding hydrogens is 248 g/mol. The highest BCUT2D eigenvalue weighted by Gasteiger charge is 2.28. The molecule has 0 saturated carbocycles. The maximum Gasteiger partial charge on any atom is 0.106 e. The lowest BCUT2D eigenvalue weighted by molar-refractivity contribution is 0.345. The van der Waals surface area contributed by atoms with E-state index < -0.39 is 5.54 Å². The molecule has 20 heavy (non-hydrogen) atoms. The van der Waals surface area contributed by atoms with Crippen LogP contribution in [0.3, 0.4) is 0 Å². The number of fused-ring (bicyclic) bond motifs is 1. The second kappa shape index (κ2) is 5.97. The fraction of sp³-hybridized carbons (Fsp3) is 0.750. The molecule has 1 aromatic heterocycles. The van der Waals surface area contributed by atoms with Crippen LogP contribution < -0.4 is 5.32 Å². The SMILES string of the molecule is CCNC(C)(C#N)CC(C)n1c(C)nc2c1CCCC2. The molecule has 1 aliphatic carbocycles. The molecule has 4 heteroatoms. The van der Waals surface area contributed by atoms with Gasteiger partial charge in [0.05, 0.1) is 11.8 Å². The van der Waals surface area contributed by atoms with Gasteiger partial charge in [-0.2, -0.15) is 5.26 Å². The number of rotatable bonds is 5. The Morgan fingerprint density at radius 3 is 2.80 bits per heavy atom. The first-order valence-electron chi connectivity index (χ1n) is 7.73. The average Bonchev–Trinajstić information content (AvgIpc) is 2.74. The van der Waals surface area contributed by atoms with Crippen molar-refractivity contribution in [3.63, 3.8) is 0 Å². The average molecular weight is 274 g/mol. The number of aromatic nitrogens is 2. The Labute approximate surface area is 122 Å². The lowest BCUT2D eigenvalue weighted by Gasteiger charge is -2.29. The van der Waals surface area contributed by atoms with Crippen LogP contribution in [0.5, 0.6) is 0 Å². The van der Waals surface area contributed by atoms with Gasteiger partial charge in [-0.3, -0.25) is 5.32 Å². The molecule has 0 radical (unpaired) electrons. The first kappa shape index (κ1) is 15.1. The van der Waals surface area contributed by atoms with Gasteiger partial charge in [-0.15, -0.1) is 0 Å². The van der Waals surface area contributed by atoms with E-state index in [-0.39, 0.29) is 0 Å². The van der Waals surface area contributed by atoms with Gasteiger partial charge in [0.15, 0.2) is 0 Å². The highest BCUT2D eigenvalue weighted by atomic mass is 15.1. The first-order valence-corrected chi connectivity index (χ1v) is 7.73. The summed E-state index contributed by atoms with van der Waals surface area (Å²) in [7, 11) is 0. The summed E-state index contributed by atoms with van der Waals surface area (Å²) < 4.78 is 2.36. The molecule has 0 aromatic carbocycles. The van der Waals surface area contributed by atoms with Crippen LogP contribution in [0.25, 0.3) is 0 Å². The Balaban J connectivity index is 2.23. The van der Waals surface area contributed by atoms with E-state index in [0.717, 1.165) is 31.6 Å². The van der Waals surface area contributed by atoms with Crippen molar-refractivity contribution in [2.45, 2.75) is 71.4 Å². The fourth-order valence-electron chi connectivity index (χ4n) is 3.51. The summed E-state index contributed by atoms with van der Waals surface area (Å²) in [5, 5.41) is 12.7. The van der Waals surface area contributed by atoms with Gasteiger partial charge in [0, 0.05) is 11.7 Å². The zero-order valence-corrected chi connectivity index (χ0v) is 13.2. The van der Waals surface area contributed by atoms with Crippen LogP contribution in [0.15, 0.2) is 0 Å². The number of aryl methyl sites for hydroxylation is 2. The summed E-state index contributed by atoms with van der Waals surface area (Å²) >= 11 is 0. The van der Waals surface area contributed by atoms with Gasteiger partial charge in [-0.25, -0.2) is 4.98 Å². The summed E-state index contributed by atoms with van der Waals surface area (Å²) in [4.78, 5) is 4.73. The minimum atomic E-state index is -0.466. The van der Waals surface area contributed by atoms with Gasteiger partial charge < -0.3 is 4.57 Å². The molecule has 1 heterocycles. The third kappa shape index (κ3) is 2.88. The molecule has 0 fully saturated rings. The van der Waals surface area contributed by atoms with Gasteiger partial charge in [-0.1, -0.05) is 6.92 Å². The van der Waals surface area contributed by atoms with E-state index in [1.165, 1.54) is 24.2 Å². The lowest BCUT2D eigenvalue weighted by atomic mass is 9.94. The summed E-state index contributed by atoms with van der Waals surface area (Å²) in [6.07, 6.45) is 5.56. The molecule has 1 aliphatic rings. The van der Waals surface area contributed by atoms with Crippen molar-refractivity contribution in [1.29, 1.82) is 5.26 Å². The van der Waals surface area contributed by atoms with Gasteiger partial charge >= 0.3 is 0 Å². The number of hydrogen-bond acceptors (Lipinski definition) is 3. The third-order valence-electron chi connectivity index (χ3n) is 4.30. The topological polar surface area (TPSA) is 53.6 Å². The van der Waals surface area contributed by atoms with E-state index >= 15 is 0 Å². The quantitative estimate of drug-likeness (QED) is 0.898. The van der Waals surface area contributed by atoms with Crippen molar-refractivity contribution in [2.24, 2.45) is 0 Å². The standard InChI is InChI=1S/C16H26N4/c1-5-18-16(4,11-17)10-12(2)20-13(3)19-14-8-6-7-9-15(14)20/h12,18H,5-10H2,1-4H3. The molecule has 0 aliphatic heterocycles. The number of nitrogens with one attached hydrogen (secondary N) is 1. The minimum Gasteiger partial charge on any atom is -0.329 e. The number of nitriles is 1. The molecule has 1 aromatic rings. The predicted octanol–water partition coefficient (Wildman–Crippen LogP) is 2.91. The van der Waals surface area contributed by atoms with Gasteiger partial charge in [0.1, 0.15) is 11.4 Å². The first-order chi connectivity index (χ1) is 9.50. The maximum atomic E-state index is 9.43. The van der Waals surface area contributed by atoms with E-state index in [2.05, 4.69) is 29.8 Å². The smallest absolute Gasteiger partial charge is 0.106 e. The van der Waals surface area contributed by atoms with Crippen molar-refractivity contribution in [2.75, 3.05) is 6.54 Å². The molecule has 0 bridgehead atoms. The van der Waals surface area contributed by atoms with Crippen LogP contribution in [0.4, 0.5) is 0 Å². The molecule has 110 valence electrons. The zero-order valence-electron chi connectivity index (χ0n) is 13.2. The van der Waals surface area contributed by atoms with E-state index in [4.69, 9.17) is 4.98 Å². The highest BCUT2D eigenvalue weighted by molar-refractivity contribution is 5.21. The van der Waals surface area contributed by atoms with Crippen molar-refractivity contribution in [3.8, 4) is 6.07 Å². The molecule has 1 N–H and O–H groups in total. The van der Waals surface area contributed by atoms with Crippen LogP contribution in [0.1, 0.15) is 63.3 Å². The second-order valence-electron chi connectivity index (χ2n) is 6.16. The fourth-order valence-corrected chi connectivity index (χ4v) is 3.51. The Hall–Kier alpha value is -1.34. The van der Waals surface area contributed by atoms with E-state index in [0.29, 0.717) is 6.04 Å². The van der Waals surface area contributed by atoms with Gasteiger partial charge in [0.25, 0.3) is 0 Å². The van der Waals surface area contributed by atoms with Crippen molar-refractivity contribution < 1.29 is 0 Å². The molecule has 4 nitrogen and oxygen atoms in total. The lowest BCUT2D eigenvalue weighted by Crippen LogP contribution is -2.42. The van der Waals surface area contributed by atoms with Gasteiger partial charge in [-0.05, 0) is 59.4 Å². The second-order valence-corrected chi connectivity index (χ2v) is 6.16. The molecule has 2 rings (SSSR count). The highest BCUT2D eigenvalue weighted by Crippen LogP contribution is 2.29. The van der Waals surface area contributed by atoms with Gasteiger partial charge in [0.2, 0.25) is 0 Å². The Kier molecular flexibility index (Phi) is 4.49. The molecule has 0 saturated heterocycles. The minimum absolute atomic E-state index is 0.299. The monoisotopic (exact) mass is 274 g/mol. The number of nitrogens with zero attached hydrogens (tertiary/aromatic N) is 3. The van der Waals surface area contributed by atoms with Crippen molar-refractivity contribution in [1.82, 2.24) is 14.9 Å². The Bertz CT molecular complexity index is 511. The van der Waals surface area contributed by atoms with Crippen molar-refractivity contribution >= 4 is 0 Å². The Morgan fingerprint density at radius 2 is 2.15 bits per heavy atom. The largest absolute Gasteiger partial charge is 0.329 e. The van der Waals surface area contributed by atoms with Crippen LogP contribution in [-0.4, -0.2) is 21.6 Å². The van der Waals surface area contributed by atoms with E-state index in [9.17, 15) is 5.26 Å². The predicted molar refractivity (Wildman–Crippen MR) is 80.6 cm³/mol. The number of hydrogen-bond donors (Lipinski definition) is 1. The molecule has 0 spiro atoms. The molecule has 0 amide bonds. The van der Waals surface area contributed by atoms with Crippen LogP contribution in [0, 0.1) is 18.3 Å². The van der Waals surface area contributed by atoms with E-state index in [1.54, 1.807) is 0 Å². The van der Waals surface area contributed by atoms with Crippen molar-refractivity contribution in [3.05, 3.63) is 17.2 Å². The number of imidazole rings is 1. The summed E-state index contributed by atoms with van der Waals surface area (Å²) in [5.74, 6) is 1.10. The molecule has 2 atom stereocenters.